The van der Waals surface area contributed by atoms with Crippen LogP contribution in [-0.2, 0) is 0 Å². The molecule has 0 spiro atoms. The topological polar surface area (TPSA) is 73.6 Å². The molecule has 0 radical (unpaired) electrons. The Balaban J connectivity index is 1.54. The third-order valence-corrected chi connectivity index (χ3v) is 3.85. The van der Waals surface area contributed by atoms with Crippen molar-refractivity contribution in [3.63, 3.8) is 0 Å². The number of aryl methyl sites for hydroxylation is 1. The quantitative estimate of drug-likeness (QED) is 0.790. The van der Waals surface area contributed by atoms with Gasteiger partial charge >= 0.3 is 0 Å². The first-order chi connectivity index (χ1) is 12.2. The molecule has 0 bridgehead atoms. The largest absolute Gasteiger partial charge is 0.486 e. The van der Waals surface area contributed by atoms with Crippen LogP contribution in [0, 0.1) is 6.92 Å². The van der Waals surface area contributed by atoms with Gasteiger partial charge in [0.1, 0.15) is 13.2 Å². The van der Waals surface area contributed by atoms with Gasteiger partial charge in [0.15, 0.2) is 23.0 Å². The summed E-state index contributed by atoms with van der Waals surface area (Å²) in [6, 6.07) is 14.6. The Morgan fingerprint density at radius 3 is 2.72 bits per heavy atom. The van der Waals surface area contributed by atoms with Crippen molar-refractivity contribution in [3.05, 3.63) is 59.8 Å². The summed E-state index contributed by atoms with van der Waals surface area (Å²) in [5.41, 5.74) is 2.77. The second kappa shape index (κ2) is 6.32. The maximum Gasteiger partial charge on any atom is 0.277 e. The Kier molecular flexibility index (Phi) is 3.85. The van der Waals surface area contributed by atoms with Crippen molar-refractivity contribution >= 4 is 11.6 Å². The first-order valence-electron chi connectivity index (χ1n) is 7.94. The minimum Gasteiger partial charge on any atom is -0.486 e. The van der Waals surface area contributed by atoms with E-state index in [0.29, 0.717) is 36.2 Å². The number of fused-ring (bicyclic) bond motifs is 1. The number of hydrogen-bond donors (Lipinski definition) is 1. The molecule has 1 N–H and O–H groups in total. The molecule has 0 saturated carbocycles. The molecule has 1 aliphatic rings. The van der Waals surface area contributed by atoms with E-state index in [-0.39, 0.29) is 11.6 Å². The molecule has 2 aromatic carbocycles. The lowest BCUT2D eigenvalue weighted by Crippen LogP contribution is -2.15. The highest BCUT2D eigenvalue weighted by atomic mass is 16.6. The van der Waals surface area contributed by atoms with Gasteiger partial charge in [-0.1, -0.05) is 17.3 Å². The fourth-order valence-corrected chi connectivity index (χ4v) is 2.63. The Labute approximate surface area is 144 Å². The van der Waals surface area contributed by atoms with E-state index in [4.69, 9.17) is 14.0 Å². The Morgan fingerprint density at radius 1 is 1.04 bits per heavy atom. The molecule has 0 fully saturated rings. The van der Waals surface area contributed by atoms with E-state index < -0.39 is 0 Å². The van der Waals surface area contributed by atoms with Gasteiger partial charge in [0.25, 0.3) is 5.91 Å². The number of aromatic nitrogens is 1. The molecule has 6 heteroatoms. The van der Waals surface area contributed by atoms with Gasteiger partial charge < -0.3 is 19.3 Å². The standard InChI is InChI=1S/C19H16N2O4/c1-12-3-2-4-14(9-12)20-19(22)15-11-17(25-21-15)13-5-6-16-18(10-13)24-8-7-23-16/h2-6,9-11H,7-8H2,1H3,(H,20,22). The monoisotopic (exact) mass is 336 g/mol. The number of carbonyl (C=O) groups excluding carboxylic acids is 1. The number of nitrogens with one attached hydrogen (secondary N) is 1. The van der Waals surface area contributed by atoms with Crippen LogP contribution in [0.3, 0.4) is 0 Å². The van der Waals surface area contributed by atoms with Crippen molar-refractivity contribution < 1.29 is 18.8 Å². The van der Waals surface area contributed by atoms with E-state index in [0.717, 1.165) is 11.1 Å². The van der Waals surface area contributed by atoms with Crippen LogP contribution in [0.4, 0.5) is 5.69 Å². The summed E-state index contributed by atoms with van der Waals surface area (Å²) in [5.74, 6) is 1.53. The highest BCUT2D eigenvalue weighted by molar-refractivity contribution is 6.03. The molecule has 4 rings (SSSR count). The molecule has 1 aromatic heterocycles. The number of nitrogens with zero attached hydrogens (tertiary/aromatic N) is 1. The molecule has 1 aliphatic heterocycles. The highest BCUT2D eigenvalue weighted by Crippen LogP contribution is 2.34. The molecule has 0 aliphatic carbocycles. The first-order valence-corrected chi connectivity index (χ1v) is 7.94. The summed E-state index contributed by atoms with van der Waals surface area (Å²) in [4.78, 5) is 12.3. The molecule has 3 aromatic rings. The smallest absolute Gasteiger partial charge is 0.277 e. The van der Waals surface area contributed by atoms with Gasteiger partial charge in [0.2, 0.25) is 0 Å². The molecule has 2 heterocycles. The maximum absolute atomic E-state index is 12.3. The fourth-order valence-electron chi connectivity index (χ4n) is 2.63. The number of rotatable bonds is 3. The van der Waals surface area contributed by atoms with Gasteiger partial charge in [-0.15, -0.1) is 0 Å². The number of hydrogen-bond acceptors (Lipinski definition) is 5. The predicted octanol–water partition coefficient (Wildman–Crippen LogP) is 3.67. The normalized spacial score (nSPS) is 12.7. The molecule has 1 amide bonds. The maximum atomic E-state index is 12.3. The second-order valence-electron chi connectivity index (χ2n) is 5.76. The summed E-state index contributed by atoms with van der Waals surface area (Å²) in [5, 5.41) is 6.67. The number of carbonyl (C=O) groups is 1. The van der Waals surface area contributed by atoms with Gasteiger partial charge in [-0.25, -0.2) is 0 Å². The molecular formula is C19H16N2O4. The molecule has 0 saturated heterocycles. The summed E-state index contributed by atoms with van der Waals surface area (Å²) < 4.78 is 16.4. The molecule has 0 atom stereocenters. The third-order valence-electron chi connectivity index (χ3n) is 3.85. The number of ether oxygens (including phenoxy) is 2. The molecule has 25 heavy (non-hydrogen) atoms. The zero-order valence-corrected chi connectivity index (χ0v) is 13.6. The van der Waals surface area contributed by atoms with Crippen molar-refractivity contribution in [2.45, 2.75) is 6.92 Å². The zero-order chi connectivity index (χ0) is 17.2. The molecule has 126 valence electrons. The minimum atomic E-state index is -0.321. The Bertz CT molecular complexity index is 933. The SMILES string of the molecule is Cc1cccc(NC(=O)c2cc(-c3ccc4c(c3)OCCO4)on2)c1. The summed E-state index contributed by atoms with van der Waals surface area (Å²) in [7, 11) is 0. The van der Waals surface area contributed by atoms with Crippen molar-refractivity contribution in [2.24, 2.45) is 0 Å². The molecule has 6 nitrogen and oxygen atoms in total. The Morgan fingerprint density at radius 2 is 1.88 bits per heavy atom. The van der Waals surface area contributed by atoms with E-state index in [1.807, 2.05) is 49.4 Å². The summed E-state index contributed by atoms with van der Waals surface area (Å²) in [6.45, 7) is 3.01. The number of anilines is 1. The van der Waals surface area contributed by atoms with E-state index in [2.05, 4.69) is 10.5 Å². The highest BCUT2D eigenvalue weighted by Gasteiger charge is 2.17. The van der Waals surface area contributed by atoms with Gasteiger partial charge in [0, 0.05) is 17.3 Å². The second-order valence-corrected chi connectivity index (χ2v) is 5.76. The van der Waals surface area contributed by atoms with Crippen molar-refractivity contribution in [1.82, 2.24) is 5.16 Å². The average Bonchev–Trinajstić information content (AvgIpc) is 3.12. The van der Waals surface area contributed by atoms with Crippen LogP contribution < -0.4 is 14.8 Å². The van der Waals surface area contributed by atoms with Crippen LogP contribution in [-0.4, -0.2) is 24.3 Å². The van der Waals surface area contributed by atoms with E-state index in [9.17, 15) is 4.79 Å². The van der Waals surface area contributed by atoms with Gasteiger partial charge in [-0.2, -0.15) is 0 Å². The lowest BCUT2D eigenvalue weighted by atomic mass is 10.1. The van der Waals surface area contributed by atoms with Crippen LogP contribution in [0.5, 0.6) is 11.5 Å². The van der Waals surface area contributed by atoms with Gasteiger partial charge in [-0.05, 0) is 42.8 Å². The van der Waals surface area contributed by atoms with Crippen LogP contribution in [0.25, 0.3) is 11.3 Å². The molecule has 0 unspecified atom stereocenters. The van der Waals surface area contributed by atoms with E-state index in [1.54, 1.807) is 6.07 Å². The Hall–Kier alpha value is -3.28. The lowest BCUT2D eigenvalue weighted by molar-refractivity contribution is 0.101. The molecular weight excluding hydrogens is 320 g/mol. The van der Waals surface area contributed by atoms with Crippen molar-refractivity contribution in [1.29, 1.82) is 0 Å². The van der Waals surface area contributed by atoms with Gasteiger partial charge in [-0.3, -0.25) is 4.79 Å². The minimum absolute atomic E-state index is 0.214. The number of amides is 1. The first kappa shape index (κ1) is 15.3. The summed E-state index contributed by atoms with van der Waals surface area (Å²) in [6.07, 6.45) is 0. The number of benzene rings is 2. The fraction of sp³-hybridized carbons (Fsp3) is 0.158. The van der Waals surface area contributed by atoms with Crippen LogP contribution in [0.2, 0.25) is 0 Å². The van der Waals surface area contributed by atoms with E-state index >= 15 is 0 Å². The predicted molar refractivity (Wildman–Crippen MR) is 92.1 cm³/mol. The van der Waals surface area contributed by atoms with Crippen molar-refractivity contribution in [3.8, 4) is 22.8 Å². The van der Waals surface area contributed by atoms with Crippen LogP contribution >= 0.6 is 0 Å². The lowest BCUT2D eigenvalue weighted by Gasteiger charge is -2.18. The van der Waals surface area contributed by atoms with Gasteiger partial charge in [0.05, 0.1) is 0 Å². The van der Waals surface area contributed by atoms with Crippen LogP contribution in [0.1, 0.15) is 16.1 Å². The average molecular weight is 336 g/mol. The zero-order valence-electron chi connectivity index (χ0n) is 13.6. The summed E-state index contributed by atoms with van der Waals surface area (Å²) >= 11 is 0. The van der Waals surface area contributed by atoms with E-state index in [1.165, 1.54) is 0 Å². The van der Waals surface area contributed by atoms with Crippen molar-refractivity contribution in [2.75, 3.05) is 18.5 Å². The third kappa shape index (κ3) is 3.19. The van der Waals surface area contributed by atoms with Crippen LogP contribution in [0.15, 0.2) is 53.1 Å².